The zero-order chi connectivity index (χ0) is 20.3. The lowest BCUT2D eigenvalue weighted by atomic mass is 9.90. The number of halogens is 1. The second kappa shape index (κ2) is 8.61. The fourth-order valence-electron chi connectivity index (χ4n) is 3.43. The van der Waals surface area contributed by atoms with E-state index >= 15 is 0 Å². The van der Waals surface area contributed by atoms with Crippen LogP contribution in [0, 0.1) is 6.92 Å². The molecule has 0 spiro atoms. The topological polar surface area (TPSA) is 65.5 Å². The molecule has 148 valence electrons. The molecule has 3 rings (SSSR count). The SMILES string of the molecule is Cc1ccc(C(=O)N(C)C)c(C2CCN(C(=O)Nc3cccc(Cl)c3)CC2)n1. The van der Waals surface area contributed by atoms with Crippen molar-refractivity contribution in [1.82, 2.24) is 14.8 Å². The number of piperidine rings is 1. The number of benzene rings is 1. The monoisotopic (exact) mass is 400 g/mol. The molecule has 1 saturated heterocycles. The fraction of sp³-hybridized carbons (Fsp3) is 0.381. The van der Waals surface area contributed by atoms with Crippen molar-refractivity contribution in [3.05, 3.63) is 58.4 Å². The highest BCUT2D eigenvalue weighted by molar-refractivity contribution is 6.30. The summed E-state index contributed by atoms with van der Waals surface area (Å²) < 4.78 is 0. The van der Waals surface area contributed by atoms with Crippen LogP contribution < -0.4 is 5.32 Å². The number of nitrogens with one attached hydrogen (secondary N) is 1. The van der Waals surface area contributed by atoms with Crippen LogP contribution in [0.1, 0.15) is 40.5 Å². The lowest BCUT2D eigenvalue weighted by Crippen LogP contribution is -2.41. The lowest BCUT2D eigenvalue weighted by molar-refractivity contribution is 0.0824. The quantitative estimate of drug-likeness (QED) is 0.841. The van der Waals surface area contributed by atoms with Crippen LogP contribution in [0.3, 0.4) is 0 Å². The molecule has 0 bridgehead atoms. The van der Waals surface area contributed by atoms with Gasteiger partial charge in [-0.1, -0.05) is 17.7 Å². The van der Waals surface area contributed by atoms with Gasteiger partial charge in [0.05, 0.1) is 11.3 Å². The number of rotatable bonds is 3. The summed E-state index contributed by atoms with van der Waals surface area (Å²) in [5, 5.41) is 3.47. The molecule has 0 unspecified atom stereocenters. The molecule has 6 nitrogen and oxygen atoms in total. The third-order valence-electron chi connectivity index (χ3n) is 4.95. The molecule has 0 aliphatic carbocycles. The van der Waals surface area contributed by atoms with Crippen LogP contribution in [0.25, 0.3) is 0 Å². The fourth-order valence-corrected chi connectivity index (χ4v) is 3.62. The summed E-state index contributed by atoms with van der Waals surface area (Å²) in [6.07, 6.45) is 1.54. The molecule has 28 heavy (non-hydrogen) atoms. The van der Waals surface area contributed by atoms with Crippen molar-refractivity contribution in [3.8, 4) is 0 Å². The zero-order valence-corrected chi connectivity index (χ0v) is 17.2. The summed E-state index contributed by atoms with van der Waals surface area (Å²) in [6, 6.07) is 10.7. The number of aromatic nitrogens is 1. The first-order chi connectivity index (χ1) is 13.3. The van der Waals surface area contributed by atoms with Gasteiger partial charge in [-0.25, -0.2) is 4.79 Å². The van der Waals surface area contributed by atoms with Crippen LogP contribution in [0.5, 0.6) is 0 Å². The highest BCUT2D eigenvalue weighted by Gasteiger charge is 2.28. The maximum Gasteiger partial charge on any atom is 0.321 e. The van der Waals surface area contributed by atoms with Crippen LogP contribution >= 0.6 is 11.6 Å². The molecular weight excluding hydrogens is 376 g/mol. The van der Waals surface area contributed by atoms with E-state index in [1.807, 2.05) is 25.1 Å². The van der Waals surface area contributed by atoms with Gasteiger partial charge in [-0.15, -0.1) is 0 Å². The molecule has 0 atom stereocenters. The summed E-state index contributed by atoms with van der Waals surface area (Å²) in [5.41, 5.74) is 3.07. The Morgan fingerprint density at radius 2 is 1.89 bits per heavy atom. The molecule has 1 aromatic carbocycles. The summed E-state index contributed by atoms with van der Waals surface area (Å²) >= 11 is 5.97. The number of carbonyl (C=O) groups is 2. The van der Waals surface area contributed by atoms with E-state index in [0.717, 1.165) is 24.2 Å². The van der Waals surface area contributed by atoms with Gasteiger partial charge in [0.1, 0.15) is 0 Å². The Morgan fingerprint density at radius 1 is 1.18 bits per heavy atom. The summed E-state index contributed by atoms with van der Waals surface area (Å²) in [7, 11) is 3.49. The van der Waals surface area contributed by atoms with Crippen LogP contribution in [-0.2, 0) is 0 Å². The molecule has 7 heteroatoms. The van der Waals surface area contributed by atoms with Crippen molar-refractivity contribution in [2.75, 3.05) is 32.5 Å². The first kappa shape index (κ1) is 20.1. The first-order valence-electron chi connectivity index (χ1n) is 9.36. The summed E-state index contributed by atoms with van der Waals surface area (Å²) in [6.45, 7) is 3.16. The number of pyridine rings is 1. The van der Waals surface area contributed by atoms with Crippen molar-refractivity contribution >= 4 is 29.2 Å². The van der Waals surface area contributed by atoms with Crippen molar-refractivity contribution in [3.63, 3.8) is 0 Å². The minimum absolute atomic E-state index is 0.0383. The highest BCUT2D eigenvalue weighted by atomic mass is 35.5. The minimum atomic E-state index is -0.137. The average molecular weight is 401 g/mol. The van der Waals surface area contributed by atoms with Gasteiger partial charge in [-0.3, -0.25) is 9.78 Å². The predicted molar refractivity (Wildman–Crippen MR) is 111 cm³/mol. The van der Waals surface area contributed by atoms with Crippen molar-refractivity contribution in [2.45, 2.75) is 25.7 Å². The molecule has 2 aromatic rings. The Balaban J connectivity index is 1.68. The Labute approximate surface area is 170 Å². The second-order valence-corrected chi connectivity index (χ2v) is 7.72. The third kappa shape index (κ3) is 4.62. The molecule has 0 radical (unpaired) electrons. The number of aryl methyl sites for hydroxylation is 1. The summed E-state index contributed by atoms with van der Waals surface area (Å²) in [5.74, 6) is 0.123. The Kier molecular flexibility index (Phi) is 6.19. The summed E-state index contributed by atoms with van der Waals surface area (Å²) in [4.78, 5) is 33.1. The largest absolute Gasteiger partial charge is 0.345 e. The van der Waals surface area contributed by atoms with E-state index in [1.165, 1.54) is 0 Å². The molecule has 2 heterocycles. The van der Waals surface area contributed by atoms with Gasteiger partial charge in [-0.2, -0.15) is 0 Å². The Morgan fingerprint density at radius 3 is 2.54 bits per heavy atom. The van der Waals surface area contributed by atoms with Crippen molar-refractivity contribution in [1.29, 1.82) is 0 Å². The van der Waals surface area contributed by atoms with Crippen LogP contribution in [-0.4, -0.2) is 53.9 Å². The Hall–Kier alpha value is -2.60. The first-order valence-corrected chi connectivity index (χ1v) is 9.73. The van der Waals surface area contributed by atoms with E-state index in [4.69, 9.17) is 11.6 Å². The van der Waals surface area contributed by atoms with Gasteiger partial charge in [0.25, 0.3) is 5.91 Å². The van der Waals surface area contributed by atoms with Gasteiger partial charge < -0.3 is 15.1 Å². The van der Waals surface area contributed by atoms with E-state index in [1.54, 1.807) is 42.1 Å². The van der Waals surface area contributed by atoms with Crippen LogP contribution in [0.4, 0.5) is 10.5 Å². The number of hydrogen-bond acceptors (Lipinski definition) is 3. The maximum atomic E-state index is 12.5. The van der Waals surface area contributed by atoms with E-state index in [-0.39, 0.29) is 17.9 Å². The van der Waals surface area contributed by atoms with Gasteiger partial charge in [0.2, 0.25) is 0 Å². The Bertz CT molecular complexity index is 876. The van der Waals surface area contributed by atoms with Crippen molar-refractivity contribution < 1.29 is 9.59 Å². The third-order valence-corrected chi connectivity index (χ3v) is 5.18. The average Bonchev–Trinajstić information content (AvgIpc) is 2.67. The smallest absolute Gasteiger partial charge is 0.321 e. The number of nitrogens with zero attached hydrogens (tertiary/aromatic N) is 3. The zero-order valence-electron chi connectivity index (χ0n) is 16.4. The molecule has 0 saturated carbocycles. The molecule has 1 aliphatic heterocycles. The number of likely N-dealkylation sites (tertiary alicyclic amines) is 1. The van der Waals surface area contributed by atoms with Gasteiger partial charge in [-0.05, 0) is 50.1 Å². The molecule has 3 amide bonds. The molecule has 1 fully saturated rings. The number of hydrogen-bond donors (Lipinski definition) is 1. The molecule has 1 N–H and O–H groups in total. The number of carbonyl (C=O) groups excluding carboxylic acids is 2. The van der Waals surface area contributed by atoms with E-state index in [2.05, 4.69) is 10.3 Å². The van der Waals surface area contributed by atoms with E-state index < -0.39 is 0 Å². The van der Waals surface area contributed by atoms with E-state index in [9.17, 15) is 9.59 Å². The van der Waals surface area contributed by atoms with Crippen LogP contribution in [0.2, 0.25) is 5.02 Å². The van der Waals surface area contributed by atoms with Gasteiger partial charge >= 0.3 is 6.03 Å². The van der Waals surface area contributed by atoms with Crippen molar-refractivity contribution in [2.24, 2.45) is 0 Å². The lowest BCUT2D eigenvalue weighted by Gasteiger charge is -2.32. The maximum absolute atomic E-state index is 12.5. The number of anilines is 1. The van der Waals surface area contributed by atoms with Gasteiger partial charge in [0.15, 0.2) is 0 Å². The van der Waals surface area contributed by atoms with Crippen LogP contribution in [0.15, 0.2) is 36.4 Å². The molecule has 1 aliphatic rings. The predicted octanol–water partition coefficient (Wildman–Crippen LogP) is 4.16. The number of amides is 3. The normalized spacial score (nSPS) is 14.6. The second-order valence-electron chi connectivity index (χ2n) is 7.29. The molecular formula is C21H25ClN4O2. The molecule has 1 aromatic heterocycles. The minimum Gasteiger partial charge on any atom is -0.345 e. The van der Waals surface area contributed by atoms with Gasteiger partial charge in [0, 0.05) is 49.5 Å². The van der Waals surface area contributed by atoms with E-state index in [0.29, 0.717) is 29.4 Å². The number of urea groups is 1. The highest BCUT2D eigenvalue weighted by Crippen LogP contribution is 2.30. The standard InChI is InChI=1S/C21H25ClN4O2/c1-14-7-8-18(20(27)25(2)3)19(23-14)15-9-11-26(12-10-15)21(28)24-17-6-4-5-16(22)13-17/h4-8,13,15H,9-12H2,1-3H3,(H,24,28).